The van der Waals surface area contributed by atoms with Gasteiger partial charge in [-0.15, -0.1) is 0 Å². The van der Waals surface area contributed by atoms with Gasteiger partial charge in [-0.2, -0.15) is 10.5 Å². The Morgan fingerprint density at radius 3 is 1.75 bits per heavy atom. The largest absolute Gasteiger partial charge is 0.309 e. The van der Waals surface area contributed by atoms with Gasteiger partial charge in [0, 0.05) is 45.3 Å². The maximum Gasteiger partial charge on any atom is 0.0991 e. The first kappa shape index (κ1) is 20.0. The van der Waals surface area contributed by atoms with E-state index in [1.807, 2.05) is 48.8 Å². The number of nitrogens with zero attached hydrogens (tertiary/aromatic N) is 5. The van der Waals surface area contributed by atoms with Gasteiger partial charge in [-0.1, -0.05) is 24.3 Å². The molecule has 0 aliphatic rings. The first-order chi connectivity index (χ1) is 17.8. The van der Waals surface area contributed by atoms with Crippen LogP contribution in [-0.2, 0) is 0 Å². The van der Waals surface area contributed by atoms with E-state index in [0.29, 0.717) is 11.1 Å². The summed E-state index contributed by atoms with van der Waals surface area (Å²) in [5.41, 5.74) is 7.43. The van der Waals surface area contributed by atoms with Crippen LogP contribution in [0.2, 0.25) is 0 Å². The second kappa shape index (κ2) is 7.56. The van der Waals surface area contributed by atoms with Crippen LogP contribution in [0.25, 0.3) is 55.0 Å². The zero-order chi connectivity index (χ0) is 24.2. The van der Waals surface area contributed by atoms with Gasteiger partial charge in [0.25, 0.3) is 0 Å². The second-order valence-electron chi connectivity index (χ2n) is 8.79. The molecule has 7 aromatic rings. The zero-order valence-electron chi connectivity index (χ0n) is 19.1. The van der Waals surface area contributed by atoms with Gasteiger partial charge in [-0.05, 0) is 66.7 Å². The molecule has 166 valence electrons. The molecule has 0 spiro atoms. The molecule has 0 unspecified atom stereocenters. The molecule has 0 amide bonds. The number of fused-ring (bicyclic) bond motifs is 6. The summed E-state index contributed by atoms with van der Waals surface area (Å²) in [4.78, 5) is 4.36. The van der Waals surface area contributed by atoms with Crippen molar-refractivity contribution in [2.75, 3.05) is 0 Å². The minimum Gasteiger partial charge on any atom is -0.309 e. The molecular formula is C31H17N5. The van der Waals surface area contributed by atoms with Crippen LogP contribution < -0.4 is 0 Å². The standard InChI is InChI=1S/C31H17N5/c32-17-20-8-10-29-25(14-20)26-15-21(18-33)9-11-30(26)36(29)23-5-3-4-22(16-23)35-28-7-2-1-6-24(28)27-19-34-13-12-31(27)35/h1-16,19H. The normalized spacial score (nSPS) is 11.3. The maximum absolute atomic E-state index is 9.49. The predicted octanol–water partition coefficient (Wildman–Crippen LogP) is 7.02. The number of aromatic nitrogens is 3. The number of nitriles is 2. The molecule has 5 heteroatoms. The van der Waals surface area contributed by atoms with Crippen molar-refractivity contribution >= 4 is 43.6 Å². The monoisotopic (exact) mass is 459 g/mol. The van der Waals surface area contributed by atoms with E-state index in [2.05, 4.69) is 80.9 Å². The zero-order valence-corrected chi connectivity index (χ0v) is 19.1. The highest BCUT2D eigenvalue weighted by molar-refractivity contribution is 6.11. The fraction of sp³-hybridized carbons (Fsp3) is 0. The van der Waals surface area contributed by atoms with Crippen LogP contribution in [0.15, 0.2) is 103 Å². The molecular weight excluding hydrogens is 442 g/mol. The van der Waals surface area contributed by atoms with Crippen LogP contribution in [0.4, 0.5) is 0 Å². The summed E-state index contributed by atoms with van der Waals surface area (Å²) < 4.78 is 4.47. The van der Waals surface area contributed by atoms with Crippen LogP contribution in [0.5, 0.6) is 0 Å². The number of benzene rings is 4. The number of rotatable bonds is 2. The minimum atomic E-state index is 0.594. The highest BCUT2D eigenvalue weighted by Crippen LogP contribution is 2.35. The summed E-state index contributed by atoms with van der Waals surface area (Å²) in [6.45, 7) is 0. The molecule has 3 heterocycles. The van der Waals surface area contributed by atoms with Gasteiger partial charge < -0.3 is 9.13 Å². The van der Waals surface area contributed by atoms with E-state index in [0.717, 1.165) is 55.0 Å². The molecule has 4 aromatic carbocycles. The molecule has 7 rings (SSSR count). The summed E-state index contributed by atoms with van der Waals surface area (Å²) in [5.74, 6) is 0. The quantitative estimate of drug-likeness (QED) is 0.279. The van der Waals surface area contributed by atoms with Crippen LogP contribution in [0.3, 0.4) is 0 Å². The Morgan fingerprint density at radius 1 is 0.528 bits per heavy atom. The Kier molecular flexibility index (Phi) is 4.21. The number of hydrogen-bond acceptors (Lipinski definition) is 3. The number of hydrogen-bond donors (Lipinski definition) is 0. The lowest BCUT2D eigenvalue weighted by Gasteiger charge is -2.12. The molecule has 5 nitrogen and oxygen atoms in total. The Hall–Kier alpha value is -5.39. The van der Waals surface area contributed by atoms with E-state index in [9.17, 15) is 10.5 Å². The lowest BCUT2D eigenvalue weighted by atomic mass is 10.1. The lowest BCUT2D eigenvalue weighted by molar-refractivity contribution is 1.13. The van der Waals surface area contributed by atoms with Gasteiger partial charge in [0.05, 0.1) is 45.3 Å². The summed E-state index contributed by atoms with van der Waals surface area (Å²) in [7, 11) is 0. The van der Waals surface area contributed by atoms with Crippen molar-refractivity contribution in [3.8, 4) is 23.5 Å². The lowest BCUT2D eigenvalue weighted by Crippen LogP contribution is -1.98. The van der Waals surface area contributed by atoms with E-state index in [1.54, 1.807) is 0 Å². The first-order valence-electron chi connectivity index (χ1n) is 11.6. The molecule has 0 aliphatic heterocycles. The van der Waals surface area contributed by atoms with Crippen LogP contribution >= 0.6 is 0 Å². The van der Waals surface area contributed by atoms with Crippen molar-refractivity contribution in [1.29, 1.82) is 10.5 Å². The third-order valence-corrected chi connectivity index (χ3v) is 6.84. The van der Waals surface area contributed by atoms with Gasteiger partial charge in [0.2, 0.25) is 0 Å². The summed E-state index contributed by atoms with van der Waals surface area (Å²) >= 11 is 0. The first-order valence-corrected chi connectivity index (χ1v) is 11.6. The minimum absolute atomic E-state index is 0.594. The van der Waals surface area contributed by atoms with Gasteiger partial charge in [-0.3, -0.25) is 4.98 Å². The van der Waals surface area contributed by atoms with E-state index in [4.69, 9.17) is 0 Å². The fourth-order valence-electron chi connectivity index (χ4n) is 5.31. The van der Waals surface area contributed by atoms with Crippen LogP contribution in [0.1, 0.15) is 11.1 Å². The third kappa shape index (κ3) is 2.78. The molecule has 0 fully saturated rings. The Morgan fingerprint density at radius 2 is 1.11 bits per heavy atom. The number of pyridine rings is 1. The molecule has 0 radical (unpaired) electrons. The topological polar surface area (TPSA) is 70.3 Å². The van der Waals surface area contributed by atoms with Gasteiger partial charge >= 0.3 is 0 Å². The van der Waals surface area contributed by atoms with E-state index >= 15 is 0 Å². The highest BCUT2D eigenvalue weighted by Gasteiger charge is 2.16. The molecule has 0 atom stereocenters. The third-order valence-electron chi connectivity index (χ3n) is 6.84. The Labute approximate surface area is 206 Å². The SMILES string of the molecule is N#Cc1ccc2c(c1)c1cc(C#N)ccc1n2-c1cccc(-n2c3ccccc3c3cnccc32)c1. The van der Waals surface area contributed by atoms with Gasteiger partial charge in [0.15, 0.2) is 0 Å². The van der Waals surface area contributed by atoms with Gasteiger partial charge in [-0.25, -0.2) is 0 Å². The van der Waals surface area contributed by atoms with Crippen molar-refractivity contribution < 1.29 is 0 Å². The van der Waals surface area contributed by atoms with Crippen LogP contribution in [-0.4, -0.2) is 14.1 Å². The van der Waals surface area contributed by atoms with Crippen molar-refractivity contribution in [2.45, 2.75) is 0 Å². The molecule has 0 saturated carbocycles. The summed E-state index contributed by atoms with van der Waals surface area (Å²) in [5, 5.41) is 23.2. The maximum atomic E-state index is 9.49. The average molecular weight is 460 g/mol. The predicted molar refractivity (Wildman–Crippen MR) is 142 cm³/mol. The second-order valence-corrected chi connectivity index (χ2v) is 8.79. The fourth-order valence-corrected chi connectivity index (χ4v) is 5.31. The van der Waals surface area contributed by atoms with Crippen molar-refractivity contribution in [2.24, 2.45) is 0 Å². The molecule has 0 saturated heterocycles. The summed E-state index contributed by atoms with van der Waals surface area (Å²) in [6, 6.07) is 34.8. The molecule has 0 N–H and O–H groups in total. The van der Waals surface area contributed by atoms with Crippen LogP contribution in [0, 0.1) is 22.7 Å². The number of para-hydroxylation sites is 1. The molecule has 36 heavy (non-hydrogen) atoms. The smallest absolute Gasteiger partial charge is 0.0991 e. The molecule has 3 aromatic heterocycles. The highest BCUT2D eigenvalue weighted by atomic mass is 15.0. The molecule has 0 bridgehead atoms. The van der Waals surface area contributed by atoms with Crippen molar-refractivity contribution in [1.82, 2.24) is 14.1 Å². The Bertz CT molecular complexity index is 1950. The van der Waals surface area contributed by atoms with Gasteiger partial charge in [0.1, 0.15) is 0 Å². The summed E-state index contributed by atoms with van der Waals surface area (Å²) in [6.07, 6.45) is 3.75. The van der Waals surface area contributed by atoms with E-state index in [-0.39, 0.29) is 0 Å². The average Bonchev–Trinajstić information content (AvgIpc) is 3.45. The molecule has 0 aliphatic carbocycles. The van der Waals surface area contributed by atoms with Crippen molar-refractivity contribution in [3.05, 3.63) is 115 Å². The van der Waals surface area contributed by atoms with E-state index < -0.39 is 0 Å². The Balaban J connectivity index is 1.54. The van der Waals surface area contributed by atoms with E-state index in [1.165, 1.54) is 0 Å². The van der Waals surface area contributed by atoms with Crippen molar-refractivity contribution in [3.63, 3.8) is 0 Å².